The molecule has 0 bridgehead atoms. The fraction of sp³-hybridized carbons (Fsp3) is 0.0588. The third-order valence-electron chi connectivity index (χ3n) is 3.60. The summed E-state index contributed by atoms with van der Waals surface area (Å²) in [5, 5.41) is 4.12. The van der Waals surface area contributed by atoms with Crippen molar-refractivity contribution in [3.05, 3.63) is 77.6 Å². The van der Waals surface area contributed by atoms with Crippen LogP contribution < -0.4 is 0 Å². The Morgan fingerprint density at radius 3 is 2.29 bits per heavy atom. The molecule has 0 N–H and O–H groups in total. The molecular formula is C17H11F2N5. The lowest BCUT2D eigenvalue weighted by Gasteiger charge is -2.05. The zero-order chi connectivity index (χ0) is 16.5. The number of halogens is 2. The first-order valence-electron chi connectivity index (χ1n) is 7.25. The van der Waals surface area contributed by atoms with Gasteiger partial charge in [0.2, 0.25) is 0 Å². The second-order valence-electron chi connectivity index (χ2n) is 5.21. The van der Waals surface area contributed by atoms with Crippen LogP contribution in [0.5, 0.6) is 0 Å². The number of nitrogens with zero attached hydrogens (tertiary/aromatic N) is 5. The molecule has 0 spiro atoms. The van der Waals surface area contributed by atoms with Crippen molar-refractivity contribution in [2.45, 2.75) is 6.54 Å². The highest BCUT2D eigenvalue weighted by molar-refractivity contribution is 6.50. The maximum Gasteiger partial charge on any atom is 0.254 e. The van der Waals surface area contributed by atoms with Crippen molar-refractivity contribution < 1.29 is 8.78 Å². The van der Waals surface area contributed by atoms with Gasteiger partial charge in [0, 0.05) is 5.56 Å². The average Bonchev–Trinajstić information content (AvgIpc) is 3.17. The Bertz CT molecular complexity index is 940. The molecule has 0 radical (unpaired) electrons. The Morgan fingerprint density at radius 2 is 1.58 bits per heavy atom. The predicted molar refractivity (Wildman–Crippen MR) is 85.6 cm³/mol. The van der Waals surface area contributed by atoms with Gasteiger partial charge in [-0.2, -0.15) is 14.8 Å². The van der Waals surface area contributed by atoms with Gasteiger partial charge in [-0.15, -0.1) is 0 Å². The fourth-order valence-electron chi connectivity index (χ4n) is 2.41. The Hall–Kier alpha value is -3.22. The number of aliphatic imine (C=N–C) groups is 2. The molecule has 7 heteroatoms. The Balaban J connectivity index is 1.70. The van der Waals surface area contributed by atoms with Gasteiger partial charge in [-0.05, 0) is 42.0 Å². The molecule has 24 heavy (non-hydrogen) atoms. The maximum atomic E-state index is 13.1. The van der Waals surface area contributed by atoms with Crippen LogP contribution in [0.1, 0.15) is 11.1 Å². The van der Waals surface area contributed by atoms with Crippen LogP contribution in [-0.4, -0.2) is 26.3 Å². The number of fused-ring (bicyclic) bond motifs is 1. The van der Waals surface area contributed by atoms with E-state index in [1.165, 1.54) is 35.3 Å². The summed E-state index contributed by atoms with van der Waals surface area (Å²) in [5.41, 5.74) is 2.16. The van der Waals surface area contributed by atoms with Gasteiger partial charge in [0.25, 0.3) is 5.95 Å². The molecule has 3 aromatic rings. The molecule has 0 unspecified atom stereocenters. The van der Waals surface area contributed by atoms with Gasteiger partial charge in [-0.3, -0.25) is 4.99 Å². The molecule has 0 amide bonds. The van der Waals surface area contributed by atoms with Crippen LogP contribution in [-0.2, 0) is 6.54 Å². The SMILES string of the molecule is Fc1ccc(CN=C2C(c3ccc(F)cc3)=Nc3ncnn32)cc1. The van der Waals surface area contributed by atoms with Crippen molar-refractivity contribution in [3.63, 3.8) is 0 Å². The minimum Gasteiger partial charge on any atom is -0.260 e. The third-order valence-corrected chi connectivity index (χ3v) is 3.60. The first-order valence-corrected chi connectivity index (χ1v) is 7.25. The minimum atomic E-state index is -0.321. The highest BCUT2D eigenvalue weighted by atomic mass is 19.1. The van der Waals surface area contributed by atoms with E-state index >= 15 is 0 Å². The summed E-state index contributed by atoms with van der Waals surface area (Å²) in [6, 6.07) is 12.1. The number of hydrogen-bond acceptors (Lipinski definition) is 4. The average molecular weight is 323 g/mol. The van der Waals surface area contributed by atoms with Crippen LogP contribution >= 0.6 is 0 Å². The van der Waals surface area contributed by atoms with E-state index in [2.05, 4.69) is 20.1 Å². The lowest BCUT2D eigenvalue weighted by Crippen LogP contribution is -2.20. The molecule has 1 aliphatic rings. The molecule has 0 aliphatic carbocycles. The Kier molecular flexibility index (Phi) is 3.45. The Morgan fingerprint density at radius 1 is 0.917 bits per heavy atom. The van der Waals surface area contributed by atoms with E-state index < -0.39 is 0 Å². The summed E-state index contributed by atoms with van der Waals surface area (Å²) < 4.78 is 27.7. The second-order valence-corrected chi connectivity index (χ2v) is 5.21. The normalized spacial score (nSPS) is 14.8. The summed E-state index contributed by atoms with van der Waals surface area (Å²) in [6.45, 7) is 0.342. The quantitative estimate of drug-likeness (QED) is 0.743. The van der Waals surface area contributed by atoms with Gasteiger partial charge in [0.05, 0.1) is 6.54 Å². The monoisotopic (exact) mass is 323 g/mol. The summed E-state index contributed by atoms with van der Waals surface area (Å²) >= 11 is 0. The van der Waals surface area contributed by atoms with E-state index in [-0.39, 0.29) is 11.6 Å². The summed E-state index contributed by atoms with van der Waals surface area (Å²) in [7, 11) is 0. The number of aromatic nitrogens is 3. The van der Waals surface area contributed by atoms with E-state index in [9.17, 15) is 8.78 Å². The Labute approximate surface area is 136 Å². The second kappa shape index (κ2) is 5.77. The molecular weight excluding hydrogens is 312 g/mol. The summed E-state index contributed by atoms with van der Waals surface area (Å²) in [4.78, 5) is 13.0. The van der Waals surface area contributed by atoms with Crippen LogP contribution in [0, 0.1) is 11.6 Å². The molecule has 118 valence electrons. The van der Waals surface area contributed by atoms with Crippen molar-refractivity contribution in [1.82, 2.24) is 14.8 Å². The van der Waals surface area contributed by atoms with Gasteiger partial charge in [0.1, 0.15) is 23.7 Å². The molecule has 1 aliphatic heterocycles. The molecule has 0 atom stereocenters. The molecule has 2 heterocycles. The van der Waals surface area contributed by atoms with Gasteiger partial charge in [-0.25, -0.2) is 13.8 Å². The van der Waals surface area contributed by atoms with Gasteiger partial charge < -0.3 is 0 Å². The van der Waals surface area contributed by atoms with E-state index in [1.54, 1.807) is 24.3 Å². The standard InChI is InChI=1S/C17H11F2N5/c18-13-5-1-11(2-6-13)9-20-16-15(12-3-7-14(19)8-4-12)23-17-21-10-22-24(16)17/h1-8,10H,9H2. The number of benzene rings is 2. The van der Waals surface area contributed by atoms with E-state index in [4.69, 9.17) is 0 Å². The van der Waals surface area contributed by atoms with Crippen molar-refractivity contribution in [2.24, 2.45) is 9.98 Å². The zero-order valence-corrected chi connectivity index (χ0v) is 12.4. The smallest absolute Gasteiger partial charge is 0.254 e. The first-order chi connectivity index (χ1) is 11.7. The molecule has 0 fully saturated rings. The molecule has 0 saturated carbocycles. The summed E-state index contributed by atoms with van der Waals surface area (Å²) in [5.74, 6) is 0.336. The van der Waals surface area contributed by atoms with E-state index in [0.717, 1.165) is 11.1 Å². The van der Waals surface area contributed by atoms with Gasteiger partial charge in [0.15, 0.2) is 5.84 Å². The van der Waals surface area contributed by atoms with Crippen LogP contribution in [0.3, 0.4) is 0 Å². The molecule has 4 rings (SSSR count). The highest BCUT2D eigenvalue weighted by Crippen LogP contribution is 2.20. The van der Waals surface area contributed by atoms with E-state index in [1.807, 2.05) is 0 Å². The molecule has 2 aromatic carbocycles. The molecule has 0 saturated heterocycles. The third kappa shape index (κ3) is 2.60. The van der Waals surface area contributed by atoms with Gasteiger partial charge >= 0.3 is 0 Å². The van der Waals surface area contributed by atoms with Crippen LogP contribution in [0.15, 0.2) is 64.8 Å². The van der Waals surface area contributed by atoms with Crippen molar-refractivity contribution in [2.75, 3.05) is 0 Å². The fourth-order valence-corrected chi connectivity index (χ4v) is 2.41. The number of rotatable bonds is 3. The zero-order valence-electron chi connectivity index (χ0n) is 12.4. The minimum absolute atomic E-state index is 0.292. The first kappa shape index (κ1) is 14.4. The largest absolute Gasteiger partial charge is 0.260 e. The van der Waals surface area contributed by atoms with E-state index in [0.29, 0.717) is 24.0 Å². The van der Waals surface area contributed by atoms with Crippen LogP contribution in [0.4, 0.5) is 14.7 Å². The van der Waals surface area contributed by atoms with Gasteiger partial charge in [-0.1, -0.05) is 12.1 Å². The van der Waals surface area contributed by atoms with Crippen LogP contribution in [0.2, 0.25) is 0 Å². The summed E-state index contributed by atoms with van der Waals surface area (Å²) in [6.07, 6.45) is 1.40. The van der Waals surface area contributed by atoms with Crippen LogP contribution in [0.25, 0.3) is 0 Å². The predicted octanol–water partition coefficient (Wildman–Crippen LogP) is 3.14. The number of hydrogen-bond donors (Lipinski definition) is 0. The topological polar surface area (TPSA) is 55.4 Å². The van der Waals surface area contributed by atoms with Crippen molar-refractivity contribution >= 4 is 17.5 Å². The lowest BCUT2D eigenvalue weighted by atomic mass is 10.1. The lowest BCUT2D eigenvalue weighted by molar-refractivity contribution is 0.627. The van der Waals surface area contributed by atoms with Crippen molar-refractivity contribution in [1.29, 1.82) is 0 Å². The molecule has 1 aromatic heterocycles. The maximum absolute atomic E-state index is 13.1. The molecule has 5 nitrogen and oxygen atoms in total. The van der Waals surface area contributed by atoms with Crippen molar-refractivity contribution in [3.8, 4) is 0 Å². The highest BCUT2D eigenvalue weighted by Gasteiger charge is 2.25.